The summed E-state index contributed by atoms with van der Waals surface area (Å²) < 4.78 is 5.11. The highest BCUT2D eigenvalue weighted by atomic mass is 16.6. The van der Waals surface area contributed by atoms with E-state index in [1.54, 1.807) is 13.1 Å². The highest BCUT2D eigenvalue weighted by Gasteiger charge is 2.09. The third-order valence-corrected chi connectivity index (χ3v) is 2.16. The Balaban J connectivity index is 0.000000555. The molecule has 0 saturated heterocycles. The summed E-state index contributed by atoms with van der Waals surface area (Å²) >= 11 is 0. The third-order valence-electron chi connectivity index (χ3n) is 2.16. The van der Waals surface area contributed by atoms with Crippen LogP contribution in [0.3, 0.4) is 0 Å². The predicted molar refractivity (Wildman–Crippen MR) is 72.7 cm³/mol. The van der Waals surface area contributed by atoms with E-state index in [4.69, 9.17) is 9.84 Å². The number of carbonyl (C=O) groups excluding carboxylic acids is 1. The van der Waals surface area contributed by atoms with E-state index in [-0.39, 0.29) is 0 Å². The summed E-state index contributed by atoms with van der Waals surface area (Å²) in [7, 11) is 2.89. The Bertz CT molecular complexity index is 419. The first kappa shape index (κ1) is 16.8. The quantitative estimate of drug-likeness (QED) is 0.768. The fourth-order valence-corrected chi connectivity index (χ4v) is 1.20. The Labute approximate surface area is 112 Å². The lowest BCUT2D eigenvalue weighted by molar-refractivity contribution is 0.197. The van der Waals surface area contributed by atoms with Crippen LogP contribution in [0.15, 0.2) is 24.3 Å². The molecule has 0 atom stereocenters. The molecule has 0 aliphatic carbocycles. The SMILES string of the molecule is CNC(=O)O.CNC(=O)Oc1ccccc1C(C)C. The monoisotopic (exact) mass is 268 g/mol. The van der Waals surface area contributed by atoms with Gasteiger partial charge in [-0.3, -0.25) is 0 Å². The molecule has 6 heteroatoms. The molecular formula is C13H20N2O4. The lowest BCUT2D eigenvalue weighted by atomic mass is 10.0. The van der Waals surface area contributed by atoms with Gasteiger partial charge in [0.05, 0.1) is 0 Å². The van der Waals surface area contributed by atoms with E-state index >= 15 is 0 Å². The minimum absolute atomic E-state index is 0.343. The first-order valence-electron chi connectivity index (χ1n) is 5.81. The molecule has 3 N–H and O–H groups in total. The second kappa shape index (κ2) is 8.79. The molecule has 106 valence electrons. The van der Waals surface area contributed by atoms with Gasteiger partial charge in [0, 0.05) is 14.1 Å². The number of rotatable bonds is 2. The lowest BCUT2D eigenvalue weighted by Crippen LogP contribution is -2.22. The molecule has 19 heavy (non-hydrogen) atoms. The first-order chi connectivity index (χ1) is 8.92. The maximum atomic E-state index is 11.0. The van der Waals surface area contributed by atoms with Crippen molar-refractivity contribution in [3.05, 3.63) is 29.8 Å². The Morgan fingerprint density at radius 1 is 1.16 bits per heavy atom. The van der Waals surface area contributed by atoms with E-state index in [9.17, 15) is 9.59 Å². The Hall–Kier alpha value is -2.24. The molecular weight excluding hydrogens is 248 g/mol. The van der Waals surface area contributed by atoms with E-state index in [2.05, 4.69) is 19.2 Å². The first-order valence-corrected chi connectivity index (χ1v) is 5.81. The topological polar surface area (TPSA) is 87.7 Å². The van der Waals surface area contributed by atoms with Crippen molar-refractivity contribution >= 4 is 12.2 Å². The number of carbonyl (C=O) groups is 2. The average Bonchev–Trinajstić information content (AvgIpc) is 2.39. The number of benzene rings is 1. The molecule has 2 amide bonds. The zero-order valence-electron chi connectivity index (χ0n) is 11.6. The molecule has 0 unspecified atom stereocenters. The van der Waals surface area contributed by atoms with Crippen LogP contribution in [-0.2, 0) is 0 Å². The maximum absolute atomic E-state index is 11.0. The molecule has 0 radical (unpaired) electrons. The summed E-state index contributed by atoms with van der Waals surface area (Å²) in [5, 5.41) is 12.0. The van der Waals surface area contributed by atoms with Crippen molar-refractivity contribution < 1.29 is 19.4 Å². The van der Waals surface area contributed by atoms with Crippen LogP contribution < -0.4 is 15.4 Å². The normalized spacial score (nSPS) is 9.11. The van der Waals surface area contributed by atoms with Crippen LogP contribution in [0, 0.1) is 0 Å². The summed E-state index contributed by atoms with van der Waals surface area (Å²) in [5.74, 6) is 0.970. The van der Waals surface area contributed by atoms with Crippen LogP contribution in [0.2, 0.25) is 0 Å². The van der Waals surface area contributed by atoms with Crippen molar-refractivity contribution in [2.24, 2.45) is 0 Å². The van der Waals surface area contributed by atoms with Gasteiger partial charge in [-0.2, -0.15) is 0 Å². The van der Waals surface area contributed by atoms with E-state index < -0.39 is 12.2 Å². The van der Waals surface area contributed by atoms with Crippen LogP contribution >= 0.6 is 0 Å². The van der Waals surface area contributed by atoms with Crippen molar-refractivity contribution in [1.82, 2.24) is 10.6 Å². The molecule has 0 aliphatic heterocycles. The van der Waals surface area contributed by atoms with Crippen LogP contribution in [0.1, 0.15) is 25.3 Å². The summed E-state index contributed by atoms with van der Waals surface area (Å²) in [6.07, 6.45) is -1.43. The zero-order valence-corrected chi connectivity index (χ0v) is 11.6. The third kappa shape index (κ3) is 6.92. The van der Waals surface area contributed by atoms with Crippen molar-refractivity contribution in [2.45, 2.75) is 19.8 Å². The van der Waals surface area contributed by atoms with Crippen LogP contribution in [-0.4, -0.2) is 31.4 Å². The smallest absolute Gasteiger partial charge is 0.412 e. The Morgan fingerprint density at radius 3 is 2.11 bits per heavy atom. The van der Waals surface area contributed by atoms with Crippen molar-refractivity contribution in [1.29, 1.82) is 0 Å². The fourth-order valence-electron chi connectivity index (χ4n) is 1.20. The van der Waals surface area contributed by atoms with Crippen LogP contribution in [0.25, 0.3) is 0 Å². The predicted octanol–water partition coefficient (Wildman–Crippen LogP) is 2.41. The maximum Gasteiger partial charge on any atom is 0.412 e. The van der Waals surface area contributed by atoms with Crippen molar-refractivity contribution in [3.63, 3.8) is 0 Å². The molecule has 0 fully saturated rings. The second-order valence-electron chi connectivity index (χ2n) is 3.89. The summed E-state index contributed by atoms with van der Waals surface area (Å²) in [6, 6.07) is 7.55. The van der Waals surface area contributed by atoms with Gasteiger partial charge in [-0.1, -0.05) is 32.0 Å². The summed E-state index contributed by atoms with van der Waals surface area (Å²) in [5.41, 5.74) is 1.04. The molecule has 1 rings (SSSR count). The number of carboxylic acid groups (broad SMARTS) is 1. The molecule has 0 heterocycles. The van der Waals surface area contributed by atoms with Crippen molar-refractivity contribution in [2.75, 3.05) is 14.1 Å². The van der Waals surface area contributed by atoms with Crippen molar-refractivity contribution in [3.8, 4) is 5.75 Å². The highest BCUT2D eigenvalue weighted by Crippen LogP contribution is 2.25. The standard InChI is InChI=1S/C11H15NO2.C2H5NO2/c1-8(2)9-6-4-5-7-10(9)14-11(13)12-3;1-3-2(4)5/h4-8H,1-3H3,(H,12,13);3H,1H3,(H,4,5). The molecule has 0 aliphatic rings. The molecule has 6 nitrogen and oxygen atoms in total. The molecule has 0 aromatic heterocycles. The minimum Gasteiger partial charge on any atom is -0.465 e. The molecule has 0 spiro atoms. The number of ether oxygens (including phenoxy) is 1. The average molecular weight is 268 g/mol. The van der Waals surface area contributed by atoms with Gasteiger partial charge in [0.25, 0.3) is 0 Å². The number of hydrogen-bond donors (Lipinski definition) is 3. The highest BCUT2D eigenvalue weighted by molar-refractivity contribution is 5.70. The Morgan fingerprint density at radius 2 is 1.68 bits per heavy atom. The van der Waals surface area contributed by atoms with E-state index in [0.717, 1.165) is 5.56 Å². The van der Waals surface area contributed by atoms with Gasteiger partial charge < -0.3 is 20.5 Å². The zero-order chi connectivity index (χ0) is 14.8. The van der Waals surface area contributed by atoms with Gasteiger partial charge in [-0.05, 0) is 17.5 Å². The van der Waals surface area contributed by atoms with E-state index in [0.29, 0.717) is 11.7 Å². The summed E-state index contributed by atoms with van der Waals surface area (Å²) in [6.45, 7) is 4.12. The number of nitrogens with one attached hydrogen (secondary N) is 2. The van der Waals surface area contributed by atoms with Gasteiger partial charge in [0.2, 0.25) is 0 Å². The Kier molecular flexibility index (Phi) is 7.76. The van der Waals surface area contributed by atoms with Gasteiger partial charge in [0.15, 0.2) is 0 Å². The largest absolute Gasteiger partial charge is 0.465 e. The molecule has 1 aromatic rings. The number of amides is 2. The lowest BCUT2D eigenvalue weighted by Gasteiger charge is -2.11. The number of para-hydroxylation sites is 1. The molecule has 0 saturated carbocycles. The van der Waals surface area contributed by atoms with E-state index in [1.807, 2.05) is 23.5 Å². The summed E-state index contributed by atoms with van der Waals surface area (Å²) in [4.78, 5) is 20.3. The molecule has 1 aromatic carbocycles. The minimum atomic E-state index is -0.995. The fraction of sp³-hybridized carbons (Fsp3) is 0.385. The van der Waals surface area contributed by atoms with Gasteiger partial charge >= 0.3 is 12.2 Å². The molecule has 0 bridgehead atoms. The van der Waals surface area contributed by atoms with Gasteiger partial charge in [0.1, 0.15) is 5.75 Å². The van der Waals surface area contributed by atoms with Gasteiger partial charge in [-0.15, -0.1) is 0 Å². The van der Waals surface area contributed by atoms with Gasteiger partial charge in [-0.25, -0.2) is 9.59 Å². The second-order valence-corrected chi connectivity index (χ2v) is 3.89. The van der Waals surface area contributed by atoms with E-state index in [1.165, 1.54) is 7.05 Å². The number of hydrogen-bond acceptors (Lipinski definition) is 3. The van der Waals surface area contributed by atoms with Crippen LogP contribution in [0.4, 0.5) is 9.59 Å². The van der Waals surface area contributed by atoms with Crippen LogP contribution in [0.5, 0.6) is 5.75 Å².